The van der Waals surface area contributed by atoms with E-state index >= 15 is 0 Å². The minimum Gasteiger partial charge on any atom is -0.0843 e. The highest BCUT2D eigenvalue weighted by atomic mass is 35.5. The van der Waals surface area contributed by atoms with Crippen molar-refractivity contribution in [2.75, 3.05) is 0 Å². The molecule has 2 aromatic carbocycles. The molecule has 0 heterocycles. The van der Waals surface area contributed by atoms with Crippen molar-refractivity contribution in [2.24, 2.45) is 0 Å². The summed E-state index contributed by atoms with van der Waals surface area (Å²) in [6, 6.07) is 15.8. The maximum absolute atomic E-state index is 5.87. The van der Waals surface area contributed by atoms with Crippen LogP contribution in [0.3, 0.4) is 0 Å². The Bertz CT molecular complexity index is 524. The number of benzene rings is 2. The van der Waals surface area contributed by atoms with Crippen molar-refractivity contribution in [3.63, 3.8) is 0 Å². The Balaban J connectivity index is 2.08. The minimum absolute atomic E-state index is 0.359. The second kappa shape index (κ2) is 6.08. The largest absolute Gasteiger partial charge is 0.0843 e. The van der Waals surface area contributed by atoms with Gasteiger partial charge in [0, 0.05) is 10.0 Å². The van der Waals surface area contributed by atoms with Crippen LogP contribution in [-0.4, -0.2) is 0 Å². The van der Waals surface area contributed by atoms with Gasteiger partial charge < -0.3 is 0 Å². The van der Waals surface area contributed by atoms with E-state index < -0.39 is 0 Å². The van der Waals surface area contributed by atoms with E-state index in [0.29, 0.717) is 5.92 Å². The van der Waals surface area contributed by atoms with Crippen molar-refractivity contribution in [3.05, 3.63) is 75.8 Å². The summed E-state index contributed by atoms with van der Waals surface area (Å²) in [6.45, 7) is 2.16. The fourth-order valence-electron chi connectivity index (χ4n) is 1.71. The standard InChI is InChI=1S/C16H14Cl2/c1-12(14-6-10-16(18)11-7-14)2-3-13-4-8-15(17)9-5-13/h2-12H,1H3/b3-2+. The van der Waals surface area contributed by atoms with Crippen molar-refractivity contribution in [2.45, 2.75) is 12.8 Å². The van der Waals surface area contributed by atoms with E-state index in [9.17, 15) is 0 Å². The lowest BCUT2D eigenvalue weighted by atomic mass is 10.00. The molecular formula is C16H14Cl2. The zero-order chi connectivity index (χ0) is 13.0. The third kappa shape index (κ3) is 3.63. The van der Waals surface area contributed by atoms with Crippen LogP contribution < -0.4 is 0 Å². The van der Waals surface area contributed by atoms with E-state index in [2.05, 4.69) is 31.2 Å². The van der Waals surface area contributed by atoms with Gasteiger partial charge >= 0.3 is 0 Å². The second-order valence-corrected chi connectivity index (χ2v) is 5.12. The highest BCUT2D eigenvalue weighted by Gasteiger charge is 2.00. The van der Waals surface area contributed by atoms with E-state index in [0.717, 1.165) is 15.6 Å². The van der Waals surface area contributed by atoms with Crippen LogP contribution in [0.15, 0.2) is 54.6 Å². The second-order valence-electron chi connectivity index (χ2n) is 4.25. The maximum atomic E-state index is 5.87. The van der Waals surface area contributed by atoms with Crippen LogP contribution in [-0.2, 0) is 0 Å². The summed E-state index contributed by atoms with van der Waals surface area (Å²) in [7, 11) is 0. The monoisotopic (exact) mass is 276 g/mol. The van der Waals surface area contributed by atoms with Crippen molar-refractivity contribution in [3.8, 4) is 0 Å². The molecule has 0 nitrogen and oxygen atoms in total. The van der Waals surface area contributed by atoms with Gasteiger partial charge in [0.1, 0.15) is 0 Å². The molecule has 18 heavy (non-hydrogen) atoms. The van der Waals surface area contributed by atoms with E-state index in [1.165, 1.54) is 5.56 Å². The molecule has 0 aliphatic heterocycles. The van der Waals surface area contributed by atoms with Crippen LogP contribution in [0.1, 0.15) is 24.0 Å². The Morgan fingerprint density at radius 1 is 0.833 bits per heavy atom. The predicted molar refractivity (Wildman–Crippen MR) is 80.4 cm³/mol. The normalized spacial score (nSPS) is 12.8. The Kier molecular flexibility index (Phi) is 4.46. The van der Waals surface area contributed by atoms with Gasteiger partial charge in [-0.1, -0.05) is 66.5 Å². The first-order chi connectivity index (χ1) is 8.65. The van der Waals surface area contributed by atoms with E-state index in [1.807, 2.05) is 36.4 Å². The lowest BCUT2D eigenvalue weighted by Gasteiger charge is -2.06. The number of allylic oxidation sites excluding steroid dienone is 1. The van der Waals surface area contributed by atoms with Crippen LogP contribution in [0.4, 0.5) is 0 Å². The molecule has 1 unspecified atom stereocenters. The topological polar surface area (TPSA) is 0 Å². The van der Waals surface area contributed by atoms with Gasteiger partial charge in [-0.15, -0.1) is 0 Å². The van der Waals surface area contributed by atoms with Crippen molar-refractivity contribution in [1.29, 1.82) is 0 Å². The van der Waals surface area contributed by atoms with Crippen LogP contribution in [0.25, 0.3) is 6.08 Å². The molecule has 0 saturated carbocycles. The zero-order valence-electron chi connectivity index (χ0n) is 10.1. The fraction of sp³-hybridized carbons (Fsp3) is 0.125. The molecular weight excluding hydrogens is 263 g/mol. The molecule has 0 saturated heterocycles. The lowest BCUT2D eigenvalue weighted by molar-refractivity contribution is 0.973. The Labute approximate surface area is 118 Å². The van der Waals surface area contributed by atoms with Crippen LogP contribution in [0.2, 0.25) is 10.0 Å². The molecule has 0 bridgehead atoms. The van der Waals surface area contributed by atoms with Crippen molar-refractivity contribution < 1.29 is 0 Å². The average Bonchev–Trinajstić information content (AvgIpc) is 2.38. The number of hydrogen-bond donors (Lipinski definition) is 0. The first-order valence-corrected chi connectivity index (χ1v) is 6.60. The molecule has 0 fully saturated rings. The summed E-state index contributed by atoms with van der Waals surface area (Å²) in [5, 5.41) is 1.53. The fourth-order valence-corrected chi connectivity index (χ4v) is 1.96. The van der Waals surface area contributed by atoms with Crippen molar-refractivity contribution >= 4 is 29.3 Å². The summed E-state index contributed by atoms with van der Waals surface area (Å²) >= 11 is 11.7. The van der Waals surface area contributed by atoms with Gasteiger partial charge in [-0.05, 0) is 41.3 Å². The molecule has 0 N–H and O–H groups in total. The minimum atomic E-state index is 0.359. The SMILES string of the molecule is CC(/C=C/c1ccc(Cl)cc1)c1ccc(Cl)cc1. The van der Waals surface area contributed by atoms with Crippen LogP contribution >= 0.6 is 23.2 Å². The van der Waals surface area contributed by atoms with Gasteiger partial charge in [0.05, 0.1) is 0 Å². The third-order valence-electron chi connectivity index (χ3n) is 2.84. The first kappa shape index (κ1) is 13.2. The average molecular weight is 277 g/mol. The maximum Gasteiger partial charge on any atom is 0.0406 e. The van der Waals surface area contributed by atoms with Gasteiger partial charge in [-0.3, -0.25) is 0 Å². The van der Waals surface area contributed by atoms with Gasteiger partial charge in [0.2, 0.25) is 0 Å². The highest BCUT2D eigenvalue weighted by Crippen LogP contribution is 2.20. The molecule has 0 aliphatic carbocycles. The predicted octanol–water partition coefficient (Wildman–Crippen LogP) is 5.81. The molecule has 0 amide bonds. The van der Waals surface area contributed by atoms with Crippen LogP contribution in [0.5, 0.6) is 0 Å². The summed E-state index contributed by atoms with van der Waals surface area (Å²) in [4.78, 5) is 0. The first-order valence-electron chi connectivity index (χ1n) is 5.84. The summed E-state index contributed by atoms with van der Waals surface area (Å²) in [5.74, 6) is 0.359. The van der Waals surface area contributed by atoms with E-state index in [4.69, 9.17) is 23.2 Å². The summed E-state index contributed by atoms with van der Waals surface area (Å²) in [6.07, 6.45) is 4.28. The molecule has 0 aromatic heterocycles. The zero-order valence-corrected chi connectivity index (χ0v) is 11.6. The number of hydrogen-bond acceptors (Lipinski definition) is 0. The number of halogens is 2. The van der Waals surface area contributed by atoms with E-state index in [-0.39, 0.29) is 0 Å². The van der Waals surface area contributed by atoms with Crippen LogP contribution in [0, 0.1) is 0 Å². The molecule has 2 heteroatoms. The van der Waals surface area contributed by atoms with E-state index in [1.54, 1.807) is 0 Å². The highest BCUT2D eigenvalue weighted by molar-refractivity contribution is 6.30. The lowest BCUT2D eigenvalue weighted by Crippen LogP contribution is -1.87. The molecule has 92 valence electrons. The Hall–Kier alpha value is -1.24. The Morgan fingerprint density at radius 3 is 1.89 bits per heavy atom. The Morgan fingerprint density at radius 2 is 1.33 bits per heavy atom. The van der Waals surface area contributed by atoms with Gasteiger partial charge in [0.15, 0.2) is 0 Å². The third-order valence-corrected chi connectivity index (χ3v) is 3.35. The molecule has 0 radical (unpaired) electrons. The van der Waals surface area contributed by atoms with Gasteiger partial charge in [0.25, 0.3) is 0 Å². The smallest absolute Gasteiger partial charge is 0.0406 e. The molecule has 2 aromatic rings. The quantitative estimate of drug-likeness (QED) is 0.664. The molecule has 0 aliphatic rings. The van der Waals surface area contributed by atoms with Gasteiger partial charge in [-0.2, -0.15) is 0 Å². The van der Waals surface area contributed by atoms with Crippen molar-refractivity contribution in [1.82, 2.24) is 0 Å². The molecule has 1 atom stereocenters. The number of rotatable bonds is 3. The molecule has 0 spiro atoms. The summed E-state index contributed by atoms with van der Waals surface area (Å²) < 4.78 is 0. The van der Waals surface area contributed by atoms with Gasteiger partial charge in [-0.25, -0.2) is 0 Å². The summed E-state index contributed by atoms with van der Waals surface area (Å²) in [5.41, 5.74) is 2.41. The molecule has 2 rings (SSSR count).